The molecule has 4 rings (SSSR count). The van der Waals surface area contributed by atoms with Gasteiger partial charge in [-0.2, -0.15) is 4.98 Å². The van der Waals surface area contributed by atoms with E-state index in [1.54, 1.807) is 0 Å². The van der Waals surface area contributed by atoms with Gasteiger partial charge in [0.05, 0.1) is 25.5 Å². The van der Waals surface area contributed by atoms with Crippen LogP contribution in [0, 0.1) is 5.41 Å². The summed E-state index contributed by atoms with van der Waals surface area (Å²) in [5, 5.41) is 0. The highest BCUT2D eigenvalue weighted by molar-refractivity contribution is 5.77. The number of carbonyl (C=O) groups is 1. The topological polar surface area (TPSA) is 61.8 Å². The first-order valence-corrected chi connectivity index (χ1v) is 12.0. The van der Waals surface area contributed by atoms with Crippen LogP contribution in [0.2, 0.25) is 0 Å². The van der Waals surface area contributed by atoms with Gasteiger partial charge in [0, 0.05) is 51.1 Å². The van der Waals surface area contributed by atoms with Crippen LogP contribution < -0.4 is 9.80 Å². The van der Waals surface area contributed by atoms with Gasteiger partial charge in [0.15, 0.2) is 0 Å². The van der Waals surface area contributed by atoms with Crippen molar-refractivity contribution in [3.05, 3.63) is 11.3 Å². The molecule has 7 heteroatoms. The molecule has 0 unspecified atom stereocenters. The number of nitrogens with zero attached hydrogens (tertiary/aromatic N) is 5. The summed E-state index contributed by atoms with van der Waals surface area (Å²) in [6.07, 6.45) is 7.74. The number of aromatic nitrogens is 2. The Morgan fingerprint density at radius 2 is 1.81 bits per heavy atom. The molecule has 1 saturated carbocycles. The van der Waals surface area contributed by atoms with E-state index in [4.69, 9.17) is 14.7 Å². The zero-order chi connectivity index (χ0) is 22.0. The third-order valence-electron chi connectivity index (χ3n) is 6.81. The fourth-order valence-corrected chi connectivity index (χ4v) is 4.99. The van der Waals surface area contributed by atoms with E-state index >= 15 is 0 Å². The molecular weight excluding hydrogens is 390 g/mol. The second-order valence-corrected chi connectivity index (χ2v) is 10.6. The number of hydrogen-bond acceptors (Lipinski definition) is 6. The number of hydrogen-bond donors (Lipinski definition) is 0. The maximum Gasteiger partial charge on any atom is 0.227 e. The van der Waals surface area contributed by atoms with Crippen molar-refractivity contribution in [1.82, 2.24) is 14.9 Å². The van der Waals surface area contributed by atoms with Gasteiger partial charge in [-0.3, -0.25) is 4.79 Å². The van der Waals surface area contributed by atoms with Crippen LogP contribution in [0.4, 0.5) is 11.8 Å². The second-order valence-electron chi connectivity index (χ2n) is 10.6. The molecule has 0 radical (unpaired) electrons. The number of morpholine rings is 1. The minimum absolute atomic E-state index is 0.00648. The van der Waals surface area contributed by atoms with Crippen LogP contribution in [0.15, 0.2) is 0 Å². The third-order valence-corrected chi connectivity index (χ3v) is 6.81. The molecule has 3 aliphatic rings. The molecule has 0 N–H and O–H groups in total. The summed E-state index contributed by atoms with van der Waals surface area (Å²) in [7, 11) is 2.16. The summed E-state index contributed by atoms with van der Waals surface area (Å²) in [6, 6.07) is 0.526. The average Bonchev–Trinajstić information content (AvgIpc) is 2.77. The standard InChI is InChI=1S/C24H39N5O2/c1-24(2,3)16-21(30)29-11-10-20-19(17-29)22(28-12-14-31-15-13-28)26-23(25-20)27(4)18-8-6-5-7-9-18/h18H,5-17H2,1-4H3. The van der Waals surface area contributed by atoms with Crippen LogP contribution in [0.5, 0.6) is 0 Å². The molecule has 2 aliphatic heterocycles. The lowest BCUT2D eigenvalue weighted by Crippen LogP contribution is -2.42. The number of rotatable bonds is 4. The number of anilines is 2. The van der Waals surface area contributed by atoms with E-state index < -0.39 is 0 Å². The van der Waals surface area contributed by atoms with Crippen molar-refractivity contribution in [2.24, 2.45) is 5.41 Å². The summed E-state index contributed by atoms with van der Waals surface area (Å²) in [5.41, 5.74) is 2.25. The van der Waals surface area contributed by atoms with Gasteiger partial charge >= 0.3 is 0 Å². The van der Waals surface area contributed by atoms with Crippen LogP contribution in [0.3, 0.4) is 0 Å². The van der Waals surface area contributed by atoms with Crippen LogP contribution in [0.25, 0.3) is 0 Å². The minimum Gasteiger partial charge on any atom is -0.378 e. The van der Waals surface area contributed by atoms with Crippen LogP contribution in [-0.2, 0) is 22.5 Å². The van der Waals surface area contributed by atoms with Crippen molar-refractivity contribution in [2.45, 2.75) is 78.3 Å². The number of ether oxygens (including phenoxy) is 1. The van der Waals surface area contributed by atoms with Crippen LogP contribution in [0.1, 0.15) is 70.6 Å². The molecule has 7 nitrogen and oxygen atoms in total. The summed E-state index contributed by atoms with van der Waals surface area (Å²) in [5.74, 6) is 2.09. The Hall–Kier alpha value is -1.89. The molecule has 31 heavy (non-hydrogen) atoms. The zero-order valence-electron chi connectivity index (χ0n) is 19.8. The molecule has 1 amide bonds. The Kier molecular flexibility index (Phi) is 6.70. The van der Waals surface area contributed by atoms with E-state index in [1.807, 2.05) is 4.90 Å². The largest absolute Gasteiger partial charge is 0.378 e. The second kappa shape index (κ2) is 9.31. The van der Waals surface area contributed by atoms with Crippen molar-refractivity contribution >= 4 is 17.7 Å². The van der Waals surface area contributed by atoms with E-state index in [0.717, 1.165) is 62.3 Å². The van der Waals surface area contributed by atoms with Crippen molar-refractivity contribution < 1.29 is 9.53 Å². The molecular formula is C24H39N5O2. The molecule has 2 fully saturated rings. The monoisotopic (exact) mass is 429 g/mol. The third kappa shape index (κ3) is 5.30. The van der Waals surface area contributed by atoms with Gasteiger partial charge in [-0.05, 0) is 18.3 Å². The Morgan fingerprint density at radius 3 is 2.48 bits per heavy atom. The van der Waals surface area contributed by atoms with E-state index in [2.05, 4.69) is 37.6 Å². The van der Waals surface area contributed by atoms with Gasteiger partial charge in [0.25, 0.3) is 0 Å². The highest BCUT2D eigenvalue weighted by atomic mass is 16.5. The van der Waals surface area contributed by atoms with Gasteiger partial charge in [-0.15, -0.1) is 0 Å². The molecule has 172 valence electrons. The first kappa shape index (κ1) is 22.3. The van der Waals surface area contributed by atoms with Gasteiger partial charge in [-0.25, -0.2) is 4.98 Å². The minimum atomic E-state index is -0.00648. The van der Waals surface area contributed by atoms with E-state index in [-0.39, 0.29) is 11.3 Å². The summed E-state index contributed by atoms with van der Waals surface area (Å²) in [6.45, 7) is 10.9. The lowest BCUT2D eigenvalue weighted by atomic mass is 9.91. The Bertz CT molecular complexity index is 779. The maximum absolute atomic E-state index is 12.9. The maximum atomic E-state index is 12.9. The predicted octanol–water partition coefficient (Wildman–Crippen LogP) is 3.40. The van der Waals surface area contributed by atoms with Crippen molar-refractivity contribution in [1.29, 1.82) is 0 Å². The number of amides is 1. The highest BCUT2D eigenvalue weighted by Gasteiger charge is 2.31. The highest BCUT2D eigenvalue weighted by Crippen LogP contribution is 2.32. The fraction of sp³-hybridized carbons (Fsp3) is 0.792. The Labute approximate surface area is 187 Å². The summed E-state index contributed by atoms with van der Waals surface area (Å²) < 4.78 is 5.59. The van der Waals surface area contributed by atoms with Gasteiger partial charge in [0.2, 0.25) is 11.9 Å². The van der Waals surface area contributed by atoms with Gasteiger partial charge < -0.3 is 19.4 Å². The van der Waals surface area contributed by atoms with Crippen LogP contribution >= 0.6 is 0 Å². The van der Waals surface area contributed by atoms with Crippen molar-refractivity contribution in [3.8, 4) is 0 Å². The number of carbonyl (C=O) groups excluding carboxylic acids is 1. The lowest BCUT2D eigenvalue weighted by Gasteiger charge is -2.37. The van der Waals surface area contributed by atoms with E-state index in [0.29, 0.717) is 19.0 Å². The average molecular weight is 430 g/mol. The first-order chi connectivity index (χ1) is 14.8. The van der Waals surface area contributed by atoms with E-state index in [9.17, 15) is 4.79 Å². The molecule has 0 atom stereocenters. The van der Waals surface area contributed by atoms with Gasteiger partial charge in [0.1, 0.15) is 5.82 Å². The van der Waals surface area contributed by atoms with Crippen LogP contribution in [-0.4, -0.2) is 66.7 Å². The first-order valence-electron chi connectivity index (χ1n) is 12.0. The summed E-state index contributed by atoms with van der Waals surface area (Å²) >= 11 is 0. The molecule has 3 heterocycles. The summed E-state index contributed by atoms with van der Waals surface area (Å²) in [4.78, 5) is 29.7. The molecule has 1 saturated heterocycles. The van der Waals surface area contributed by atoms with Crippen molar-refractivity contribution in [3.63, 3.8) is 0 Å². The molecule has 0 bridgehead atoms. The fourth-order valence-electron chi connectivity index (χ4n) is 4.99. The van der Waals surface area contributed by atoms with Crippen molar-refractivity contribution in [2.75, 3.05) is 49.7 Å². The molecule has 1 aromatic heterocycles. The lowest BCUT2D eigenvalue weighted by molar-refractivity contribution is -0.134. The Morgan fingerprint density at radius 1 is 1.10 bits per heavy atom. The molecule has 0 aromatic carbocycles. The van der Waals surface area contributed by atoms with E-state index in [1.165, 1.54) is 32.1 Å². The molecule has 1 aliphatic carbocycles. The van der Waals surface area contributed by atoms with Gasteiger partial charge in [-0.1, -0.05) is 40.0 Å². The Balaban J connectivity index is 1.63. The molecule has 1 aromatic rings. The molecule has 0 spiro atoms. The normalized spacial score (nSPS) is 20.5. The predicted molar refractivity (Wildman–Crippen MR) is 124 cm³/mol. The number of fused-ring (bicyclic) bond motifs is 1. The smallest absolute Gasteiger partial charge is 0.227 e. The zero-order valence-corrected chi connectivity index (χ0v) is 19.8. The quantitative estimate of drug-likeness (QED) is 0.731. The SMILES string of the molecule is CN(c1nc2c(c(N3CCOCC3)n1)CN(C(=O)CC(C)(C)C)CC2)C1CCCCC1.